The predicted octanol–water partition coefficient (Wildman–Crippen LogP) is 2.71. The highest BCUT2D eigenvalue weighted by Crippen LogP contribution is 2.29. The first-order valence-electron chi connectivity index (χ1n) is 9.82. The maximum absolute atomic E-state index is 12.6. The Morgan fingerprint density at radius 2 is 1.78 bits per heavy atom. The van der Waals surface area contributed by atoms with Crippen LogP contribution < -0.4 is 10.2 Å². The van der Waals surface area contributed by atoms with E-state index in [1.807, 2.05) is 12.1 Å². The minimum absolute atomic E-state index is 0.120. The lowest BCUT2D eigenvalue weighted by Crippen LogP contribution is -2.50. The summed E-state index contributed by atoms with van der Waals surface area (Å²) in [7, 11) is 0. The molecule has 0 radical (unpaired) electrons. The van der Waals surface area contributed by atoms with Crippen molar-refractivity contribution in [1.29, 1.82) is 0 Å². The second-order valence-corrected chi connectivity index (χ2v) is 7.49. The molecular weight excluding hydrogens is 338 g/mol. The molecule has 0 saturated carbocycles. The first-order chi connectivity index (χ1) is 13.2. The Hall–Kier alpha value is -2.53. The zero-order valence-corrected chi connectivity index (χ0v) is 15.6. The Morgan fingerprint density at radius 3 is 2.56 bits per heavy atom. The van der Waals surface area contributed by atoms with Gasteiger partial charge in [0.25, 0.3) is 0 Å². The SMILES string of the molecule is O=C(CN1CCN(c2ccc(O)cc2)CC1)NC1CCCc2ccccc21. The van der Waals surface area contributed by atoms with Crippen molar-refractivity contribution >= 4 is 11.6 Å². The highest BCUT2D eigenvalue weighted by molar-refractivity contribution is 5.78. The first-order valence-corrected chi connectivity index (χ1v) is 9.82. The lowest BCUT2D eigenvalue weighted by atomic mass is 9.88. The number of aromatic hydroxyl groups is 1. The molecule has 142 valence electrons. The number of nitrogens with one attached hydrogen (secondary N) is 1. The molecule has 1 amide bonds. The molecule has 1 aliphatic heterocycles. The molecule has 0 bridgehead atoms. The van der Waals surface area contributed by atoms with Crippen LogP contribution in [0.25, 0.3) is 0 Å². The van der Waals surface area contributed by atoms with Gasteiger partial charge in [-0.05, 0) is 54.7 Å². The second kappa shape index (κ2) is 8.01. The number of anilines is 1. The molecule has 1 atom stereocenters. The molecule has 2 aromatic rings. The average molecular weight is 365 g/mol. The van der Waals surface area contributed by atoms with Crippen molar-refractivity contribution in [3.05, 3.63) is 59.7 Å². The number of carbonyl (C=O) groups excluding carboxylic acids is 1. The Kier molecular flexibility index (Phi) is 5.30. The van der Waals surface area contributed by atoms with Gasteiger partial charge in [0.2, 0.25) is 5.91 Å². The highest BCUT2D eigenvalue weighted by Gasteiger charge is 2.23. The van der Waals surface area contributed by atoms with Crippen LogP contribution in [-0.2, 0) is 11.2 Å². The minimum Gasteiger partial charge on any atom is -0.508 e. The van der Waals surface area contributed by atoms with Crippen LogP contribution in [0.1, 0.15) is 30.0 Å². The normalized spacial score (nSPS) is 20.1. The standard InChI is InChI=1S/C22H27N3O2/c26-19-10-8-18(9-11-19)25-14-12-24(13-15-25)16-22(27)23-21-7-3-5-17-4-1-2-6-20(17)21/h1-2,4,6,8-11,21,26H,3,5,7,12-16H2,(H,23,27). The van der Waals surface area contributed by atoms with E-state index in [0.29, 0.717) is 12.3 Å². The third kappa shape index (κ3) is 4.25. The third-order valence-corrected chi connectivity index (χ3v) is 5.66. The number of aryl methyl sites for hydroxylation is 1. The van der Waals surface area contributed by atoms with E-state index in [2.05, 4.69) is 39.4 Å². The number of hydrogen-bond acceptors (Lipinski definition) is 4. The Balaban J connectivity index is 1.28. The molecule has 1 heterocycles. The minimum atomic E-state index is 0.120. The molecule has 27 heavy (non-hydrogen) atoms. The number of carbonyl (C=O) groups is 1. The van der Waals surface area contributed by atoms with Crippen LogP contribution in [0.3, 0.4) is 0 Å². The summed E-state index contributed by atoms with van der Waals surface area (Å²) in [5.74, 6) is 0.410. The van der Waals surface area contributed by atoms with Crippen molar-refractivity contribution < 1.29 is 9.90 Å². The molecule has 1 saturated heterocycles. The van der Waals surface area contributed by atoms with Gasteiger partial charge in [-0.2, -0.15) is 0 Å². The molecule has 1 aliphatic carbocycles. The summed E-state index contributed by atoms with van der Waals surface area (Å²) in [5, 5.41) is 12.7. The van der Waals surface area contributed by atoms with Crippen molar-refractivity contribution in [3.63, 3.8) is 0 Å². The number of phenols is 1. The zero-order valence-electron chi connectivity index (χ0n) is 15.6. The molecule has 0 aromatic heterocycles. The monoisotopic (exact) mass is 365 g/mol. The molecule has 5 nitrogen and oxygen atoms in total. The number of hydrogen-bond donors (Lipinski definition) is 2. The quantitative estimate of drug-likeness (QED) is 0.875. The van der Waals surface area contributed by atoms with Gasteiger partial charge < -0.3 is 15.3 Å². The van der Waals surface area contributed by atoms with E-state index >= 15 is 0 Å². The molecule has 1 unspecified atom stereocenters. The number of benzene rings is 2. The molecule has 4 rings (SSSR count). The van der Waals surface area contributed by atoms with Gasteiger partial charge in [0.1, 0.15) is 5.75 Å². The van der Waals surface area contributed by atoms with E-state index in [-0.39, 0.29) is 11.9 Å². The van der Waals surface area contributed by atoms with E-state index in [4.69, 9.17) is 0 Å². The van der Waals surface area contributed by atoms with E-state index in [0.717, 1.165) is 51.1 Å². The van der Waals surface area contributed by atoms with Gasteiger partial charge in [0, 0.05) is 31.9 Å². The molecular formula is C22H27N3O2. The number of amides is 1. The molecule has 2 N–H and O–H groups in total. The van der Waals surface area contributed by atoms with E-state index in [9.17, 15) is 9.90 Å². The van der Waals surface area contributed by atoms with Crippen molar-refractivity contribution in [2.75, 3.05) is 37.6 Å². The Bertz CT molecular complexity index is 782. The summed E-state index contributed by atoms with van der Waals surface area (Å²) in [6.45, 7) is 3.99. The van der Waals surface area contributed by atoms with Crippen molar-refractivity contribution in [2.24, 2.45) is 0 Å². The Morgan fingerprint density at radius 1 is 1.04 bits per heavy atom. The van der Waals surface area contributed by atoms with Crippen LogP contribution in [0.4, 0.5) is 5.69 Å². The topological polar surface area (TPSA) is 55.8 Å². The number of rotatable bonds is 4. The maximum Gasteiger partial charge on any atom is 0.234 e. The van der Waals surface area contributed by atoms with E-state index in [1.54, 1.807) is 12.1 Å². The molecule has 5 heteroatoms. The van der Waals surface area contributed by atoms with Gasteiger partial charge in [-0.1, -0.05) is 24.3 Å². The summed E-state index contributed by atoms with van der Waals surface area (Å²) >= 11 is 0. The van der Waals surface area contributed by atoms with Gasteiger partial charge in [-0.15, -0.1) is 0 Å². The fraction of sp³-hybridized carbons (Fsp3) is 0.409. The first kappa shape index (κ1) is 17.9. The average Bonchev–Trinajstić information content (AvgIpc) is 2.69. The van der Waals surface area contributed by atoms with E-state index < -0.39 is 0 Å². The van der Waals surface area contributed by atoms with Crippen molar-refractivity contribution in [2.45, 2.75) is 25.3 Å². The smallest absolute Gasteiger partial charge is 0.234 e. The van der Waals surface area contributed by atoms with Gasteiger partial charge >= 0.3 is 0 Å². The molecule has 2 aliphatic rings. The molecule has 2 aromatic carbocycles. The van der Waals surface area contributed by atoms with Crippen LogP contribution in [-0.4, -0.2) is 48.6 Å². The fourth-order valence-electron chi connectivity index (χ4n) is 4.17. The highest BCUT2D eigenvalue weighted by atomic mass is 16.3. The largest absolute Gasteiger partial charge is 0.508 e. The van der Waals surface area contributed by atoms with Gasteiger partial charge in [-0.3, -0.25) is 9.69 Å². The van der Waals surface area contributed by atoms with Crippen LogP contribution in [0.2, 0.25) is 0 Å². The number of fused-ring (bicyclic) bond motifs is 1. The number of nitrogens with zero attached hydrogens (tertiary/aromatic N) is 2. The van der Waals surface area contributed by atoms with Gasteiger partial charge in [0.05, 0.1) is 12.6 Å². The second-order valence-electron chi connectivity index (χ2n) is 7.49. The summed E-state index contributed by atoms with van der Waals surface area (Å²) in [5.41, 5.74) is 3.78. The summed E-state index contributed by atoms with van der Waals surface area (Å²) in [4.78, 5) is 17.1. The fourth-order valence-corrected chi connectivity index (χ4v) is 4.17. The predicted molar refractivity (Wildman–Crippen MR) is 107 cm³/mol. The zero-order chi connectivity index (χ0) is 18.6. The third-order valence-electron chi connectivity index (χ3n) is 5.66. The van der Waals surface area contributed by atoms with E-state index in [1.165, 1.54) is 11.1 Å². The van der Waals surface area contributed by atoms with Crippen LogP contribution >= 0.6 is 0 Å². The van der Waals surface area contributed by atoms with Gasteiger partial charge in [0.15, 0.2) is 0 Å². The lowest BCUT2D eigenvalue weighted by Gasteiger charge is -2.36. The van der Waals surface area contributed by atoms with Crippen LogP contribution in [0.5, 0.6) is 5.75 Å². The summed E-state index contributed by atoms with van der Waals surface area (Å²) in [6, 6.07) is 15.9. The van der Waals surface area contributed by atoms with Crippen molar-refractivity contribution in [3.8, 4) is 5.75 Å². The van der Waals surface area contributed by atoms with Crippen molar-refractivity contribution in [1.82, 2.24) is 10.2 Å². The summed E-state index contributed by atoms with van der Waals surface area (Å²) < 4.78 is 0. The van der Waals surface area contributed by atoms with Crippen LogP contribution in [0, 0.1) is 0 Å². The summed E-state index contributed by atoms with van der Waals surface area (Å²) in [6.07, 6.45) is 3.27. The number of phenolic OH excluding ortho intramolecular Hbond substituents is 1. The molecule has 0 spiro atoms. The lowest BCUT2D eigenvalue weighted by molar-refractivity contribution is -0.123. The van der Waals surface area contributed by atoms with Crippen LogP contribution in [0.15, 0.2) is 48.5 Å². The van der Waals surface area contributed by atoms with Gasteiger partial charge in [-0.25, -0.2) is 0 Å². The Labute approximate surface area is 160 Å². The maximum atomic E-state index is 12.6. The number of piperazine rings is 1. The molecule has 1 fully saturated rings.